The Hall–Kier alpha value is -2.62. The summed E-state index contributed by atoms with van der Waals surface area (Å²) in [6.45, 7) is 14.4. The Morgan fingerprint density at radius 2 is 1.09 bits per heavy atom. The molecule has 4 nitrogen and oxygen atoms in total. The second-order valence-corrected chi connectivity index (χ2v) is 10.4. The standard InChI is InChI=1S/C31H46N2O2/c1-7-26-16-24(12-10-22(3)4)18-28(30(26)34)20-32-14-9-15-33-21-29-19-25(13-11-23(5)6)17-27(8-2)31(29)35/h16-23,34-35H,7-15H2,1-6H3. The summed E-state index contributed by atoms with van der Waals surface area (Å²) in [6.07, 6.45) is 10.3. The third-order valence-electron chi connectivity index (χ3n) is 6.37. The highest BCUT2D eigenvalue weighted by Crippen LogP contribution is 2.26. The number of aromatic hydroxyl groups is 2. The van der Waals surface area contributed by atoms with Gasteiger partial charge in [-0.15, -0.1) is 0 Å². The van der Waals surface area contributed by atoms with Crippen molar-refractivity contribution in [3.63, 3.8) is 0 Å². The molecule has 0 aliphatic rings. The summed E-state index contributed by atoms with van der Waals surface area (Å²) in [5, 5.41) is 21.2. The van der Waals surface area contributed by atoms with E-state index >= 15 is 0 Å². The van der Waals surface area contributed by atoms with Crippen LogP contribution in [0.15, 0.2) is 34.3 Å². The van der Waals surface area contributed by atoms with E-state index in [-0.39, 0.29) is 0 Å². The molecule has 0 spiro atoms. The van der Waals surface area contributed by atoms with E-state index < -0.39 is 0 Å². The quantitative estimate of drug-likeness (QED) is 0.220. The summed E-state index contributed by atoms with van der Waals surface area (Å²) in [7, 11) is 0. The molecule has 2 rings (SSSR count). The minimum atomic E-state index is 0.349. The minimum Gasteiger partial charge on any atom is -0.507 e. The van der Waals surface area contributed by atoms with Crippen molar-refractivity contribution in [2.24, 2.45) is 21.8 Å². The zero-order valence-electron chi connectivity index (χ0n) is 22.8. The second-order valence-electron chi connectivity index (χ2n) is 10.4. The van der Waals surface area contributed by atoms with Gasteiger partial charge in [-0.05, 0) is 91.2 Å². The van der Waals surface area contributed by atoms with Gasteiger partial charge in [-0.25, -0.2) is 0 Å². The summed E-state index contributed by atoms with van der Waals surface area (Å²) in [5.41, 5.74) is 6.12. The van der Waals surface area contributed by atoms with Crippen LogP contribution in [-0.2, 0) is 25.7 Å². The lowest BCUT2D eigenvalue weighted by molar-refractivity contribution is 0.467. The molecule has 2 N–H and O–H groups in total. The number of aryl methyl sites for hydroxylation is 4. The van der Waals surface area contributed by atoms with Crippen molar-refractivity contribution in [2.45, 2.75) is 86.5 Å². The van der Waals surface area contributed by atoms with Crippen molar-refractivity contribution in [2.75, 3.05) is 13.1 Å². The predicted molar refractivity (Wildman–Crippen MR) is 151 cm³/mol. The molecule has 0 radical (unpaired) electrons. The third-order valence-corrected chi connectivity index (χ3v) is 6.37. The molecule has 0 saturated heterocycles. The number of hydrogen-bond donors (Lipinski definition) is 2. The fourth-order valence-corrected chi connectivity index (χ4v) is 4.09. The topological polar surface area (TPSA) is 65.2 Å². The largest absolute Gasteiger partial charge is 0.507 e. The molecule has 0 fully saturated rings. The highest BCUT2D eigenvalue weighted by molar-refractivity contribution is 5.85. The number of nitrogens with zero attached hydrogens (tertiary/aromatic N) is 2. The average molecular weight is 479 g/mol. The smallest absolute Gasteiger partial charge is 0.127 e. The Balaban J connectivity index is 1.96. The first-order valence-corrected chi connectivity index (χ1v) is 13.4. The lowest BCUT2D eigenvalue weighted by Crippen LogP contribution is -1.98. The van der Waals surface area contributed by atoms with Crippen molar-refractivity contribution in [1.29, 1.82) is 0 Å². The van der Waals surface area contributed by atoms with Crippen LogP contribution in [-0.4, -0.2) is 35.7 Å². The molecule has 2 aromatic rings. The molecule has 35 heavy (non-hydrogen) atoms. The molecule has 0 unspecified atom stereocenters. The van der Waals surface area contributed by atoms with Gasteiger partial charge in [0.25, 0.3) is 0 Å². The Kier molecular flexibility index (Phi) is 12.0. The third kappa shape index (κ3) is 9.51. The van der Waals surface area contributed by atoms with E-state index in [1.807, 2.05) is 0 Å². The molecular formula is C31H46N2O2. The SMILES string of the molecule is CCc1cc(CCC(C)C)cc(C=NCCCN=Cc2cc(CCC(C)C)cc(CC)c2O)c1O. The Morgan fingerprint density at radius 1 is 0.686 bits per heavy atom. The maximum Gasteiger partial charge on any atom is 0.127 e. The number of phenolic OH excluding ortho intramolecular Hbond substituents is 2. The van der Waals surface area contributed by atoms with Crippen molar-refractivity contribution >= 4 is 12.4 Å². The zero-order valence-corrected chi connectivity index (χ0v) is 22.8. The molecular weight excluding hydrogens is 432 g/mol. The minimum absolute atomic E-state index is 0.349. The van der Waals surface area contributed by atoms with Crippen LogP contribution in [0.4, 0.5) is 0 Å². The van der Waals surface area contributed by atoms with Gasteiger partial charge in [-0.1, -0.05) is 53.7 Å². The number of hydrogen-bond acceptors (Lipinski definition) is 4. The molecule has 0 aromatic heterocycles. The maximum absolute atomic E-state index is 10.6. The van der Waals surface area contributed by atoms with Crippen LogP contribution in [0.1, 0.15) is 94.2 Å². The van der Waals surface area contributed by atoms with Crippen LogP contribution < -0.4 is 0 Å². The van der Waals surface area contributed by atoms with Crippen LogP contribution >= 0.6 is 0 Å². The van der Waals surface area contributed by atoms with Crippen LogP contribution in [0.25, 0.3) is 0 Å². The van der Waals surface area contributed by atoms with Crippen molar-refractivity contribution in [3.8, 4) is 11.5 Å². The van der Waals surface area contributed by atoms with E-state index in [1.54, 1.807) is 12.4 Å². The molecule has 192 valence electrons. The molecule has 0 aliphatic carbocycles. The molecule has 0 amide bonds. The maximum atomic E-state index is 10.6. The number of rotatable bonds is 14. The van der Waals surface area contributed by atoms with E-state index in [1.165, 1.54) is 11.1 Å². The zero-order chi connectivity index (χ0) is 25.8. The second kappa shape index (κ2) is 14.7. The van der Waals surface area contributed by atoms with Crippen molar-refractivity contribution in [3.05, 3.63) is 57.6 Å². The molecule has 4 heteroatoms. The molecule has 0 atom stereocenters. The average Bonchev–Trinajstić information content (AvgIpc) is 2.83. The van der Waals surface area contributed by atoms with E-state index in [0.717, 1.165) is 67.2 Å². The van der Waals surface area contributed by atoms with E-state index in [4.69, 9.17) is 0 Å². The van der Waals surface area contributed by atoms with Crippen LogP contribution in [0.3, 0.4) is 0 Å². The van der Waals surface area contributed by atoms with Crippen molar-refractivity contribution in [1.82, 2.24) is 0 Å². The normalized spacial score (nSPS) is 12.1. The van der Waals surface area contributed by atoms with Crippen molar-refractivity contribution < 1.29 is 10.2 Å². The molecule has 0 heterocycles. The molecule has 0 saturated carbocycles. The summed E-state index contributed by atoms with van der Waals surface area (Å²) >= 11 is 0. The van der Waals surface area contributed by atoms with Gasteiger partial charge >= 0.3 is 0 Å². The summed E-state index contributed by atoms with van der Waals surface area (Å²) in [5.74, 6) is 2.01. The fourth-order valence-electron chi connectivity index (χ4n) is 4.09. The molecule has 0 bridgehead atoms. The Bertz CT molecular complexity index is 910. The Morgan fingerprint density at radius 3 is 1.43 bits per heavy atom. The number of benzene rings is 2. The molecule has 2 aromatic carbocycles. The van der Waals surface area contributed by atoms with Gasteiger partial charge < -0.3 is 10.2 Å². The van der Waals surface area contributed by atoms with E-state index in [9.17, 15) is 10.2 Å². The van der Waals surface area contributed by atoms with Gasteiger partial charge in [-0.3, -0.25) is 9.98 Å². The number of aliphatic imine (C=N–C) groups is 2. The van der Waals surface area contributed by atoms with Gasteiger partial charge in [0.2, 0.25) is 0 Å². The monoisotopic (exact) mass is 478 g/mol. The lowest BCUT2D eigenvalue weighted by Gasteiger charge is -2.11. The highest BCUT2D eigenvalue weighted by Gasteiger charge is 2.09. The van der Waals surface area contributed by atoms with E-state index in [2.05, 4.69) is 75.8 Å². The summed E-state index contributed by atoms with van der Waals surface area (Å²) in [4.78, 5) is 9.10. The fraction of sp³-hybridized carbons (Fsp3) is 0.548. The highest BCUT2D eigenvalue weighted by atomic mass is 16.3. The van der Waals surface area contributed by atoms with Gasteiger partial charge in [0.15, 0.2) is 0 Å². The Labute approximate surface area is 213 Å². The van der Waals surface area contributed by atoms with Gasteiger partial charge in [0.05, 0.1) is 0 Å². The van der Waals surface area contributed by atoms with Gasteiger partial charge in [-0.2, -0.15) is 0 Å². The predicted octanol–water partition coefficient (Wildman–Crippen LogP) is 7.33. The summed E-state index contributed by atoms with van der Waals surface area (Å²) < 4.78 is 0. The van der Waals surface area contributed by atoms with E-state index in [0.29, 0.717) is 36.4 Å². The first-order valence-electron chi connectivity index (χ1n) is 13.4. The molecule has 0 aliphatic heterocycles. The van der Waals surface area contributed by atoms with Crippen LogP contribution in [0.2, 0.25) is 0 Å². The first-order chi connectivity index (χ1) is 16.7. The van der Waals surface area contributed by atoms with Gasteiger partial charge in [0, 0.05) is 36.6 Å². The van der Waals surface area contributed by atoms with Crippen LogP contribution in [0, 0.1) is 11.8 Å². The summed E-state index contributed by atoms with van der Waals surface area (Å²) in [6, 6.07) is 8.39. The number of phenols is 2. The first kappa shape index (κ1) is 28.6. The van der Waals surface area contributed by atoms with Crippen LogP contribution in [0.5, 0.6) is 11.5 Å². The van der Waals surface area contributed by atoms with Gasteiger partial charge in [0.1, 0.15) is 11.5 Å². The lowest BCUT2D eigenvalue weighted by atomic mass is 9.97.